The molecule has 0 aliphatic carbocycles. The van der Waals surface area contributed by atoms with Crippen molar-refractivity contribution >= 4 is 0 Å². The fourth-order valence-corrected chi connectivity index (χ4v) is 2.39. The summed E-state index contributed by atoms with van der Waals surface area (Å²) < 4.78 is 5.77. The van der Waals surface area contributed by atoms with Gasteiger partial charge in [0, 0.05) is 26.2 Å². The molecule has 1 N–H and O–H groups in total. The molecule has 0 saturated carbocycles. The molecular formula is C15H24N2O. The first-order valence-corrected chi connectivity index (χ1v) is 6.88. The Labute approximate surface area is 110 Å². The second-order valence-corrected chi connectivity index (χ2v) is 5.01. The van der Waals surface area contributed by atoms with Gasteiger partial charge in [0.25, 0.3) is 0 Å². The number of ether oxygens (including phenoxy) is 1. The molecule has 1 aliphatic heterocycles. The molecular weight excluding hydrogens is 224 g/mol. The molecule has 1 atom stereocenters. The zero-order valence-corrected chi connectivity index (χ0v) is 11.5. The van der Waals surface area contributed by atoms with Crippen molar-refractivity contribution in [3.63, 3.8) is 0 Å². The molecule has 0 amide bonds. The summed E-state index contributed by atoms with van der Waals surface area (Å²) in [6, 6.07) is 8.64. The van der Waals surface area contributed by atoms with Gasteiger partial charge in [-0.1, -0.05) is 36.8 Å². The van der Waals surface area contributed by atoms with Gasteiger partial charge in [-0.15, -0.1) is 0 Å². The molecule has 0 spiro atoms. The highest BCUT2D eigenvalue weighted by atomic mass is 16.5. The van der Waals surface area contributed by atoms with Gasteiger partial charge in [0.1, 0.15) is 0 Å². The summed E-state index contributed by atoms with van der Waals surface area (Å²) >= 11 is 0. The summed E-state index contributed by atoms with van der Waals surface area (Å²) in [4.78, 5) is 2.45. The van der Waals surface area contributed by atoms with Crippen LogP contribution in [0, 0.1) is 6.92 Å². The Morgan fingerprint density at radius 2 is 2.33 bits per heavy atom. The van der Waals surface area contributed by atoms with Crippen molar-refractivity contribution in [2.24, 2.45) is 0 Å². The van der Waals surface area contributed by atoms with Crippen molar-refractivity contribution in [1.29, 1.82) is 0 Å². The summed E-state index contributed by atoms with van der Waals surface area (Å²) in [6.07, 6.45) is 0.337. The molecule has 1 heterocycles. The molecule has 2 rings (SSSR count). The van der Waals surface area contributed by atoms with Crippen molar-refractivity contribution in [3.05, 3.63) is 35.4 Å². The molecule has 1 unspecified atom stereocenters. The van der Waals surface area contributed by atoms with Crippen LogP contribution >= 0.6 is 0 Å². The van der Waals surface area contributed by atoms with Crippen molar-refractivity contribution in [2.45, 2.75) is 26.5 Å². The normalized spacial score (nSPS) is 21.1. The number of nitrogens with one attached hydrogen (secondary N) is 1. The van der Waals surface area contributed by atoms with Gasteiger partial charge in [-0.05, 0) is 19.0 Å². The third-order valence-electron chi connectivity index (χ3n) is 3.45. The number of benzene rings is 1. The number of nitrogens with zero attached hydrogens (tertiary/aromatic N) is 1. The van der Waals surface area contributed by atoms with Gasteiger partial charge in [0.15, 0.2) is 0 Å². The van der Waals surface area contributed by atoms with E-state index >= 15 is 0 Å². The molecule has 1 aromatic carbocycles. The standard InChI is InChI=1S/C15H24N2O/c1-3-17-7-8-18-15(12-17)11-16-10-14-6-4-5-13(2)9-14/h4-6,9,15-16H,3,7-8,10-12H2,1-2H3. The van der Waals surface area contributed by atoms with Gasteiger partial charge in [0.05, 0.1) is 12.7 Å². The van der Waals surface area contributed by atoms with E-state index in [9.17, 15) is 0 Å². The van der Waals surface area contributed by atoms with Crippen LogP contribution in [0.1, 0.15) is 18.1 Å². The van der Waals surface area contributed by atoms with Gasteiger partial charge in [-0.3, -0.25) is 4.90 Å². The summed E-state index contributed by atoms with van der Waals surface area (Å²) in [6.45, 7) is 10.3. The minimum Gasteiger partial charge on any atom is -0.374 e. The topological polar surface area (TPSA) is 24.5 Å². The Hall–Kier alpha value is -0.900. The lowest BCUT2D eigenvalue weighted by atomic mass is 10.1. The molecule has 1 fully saturated rings. The van der Waals surface area contributed by atoms with Gasteiger partial charge in [-0.25, -0.2) is 0 Å². The number of hydrogen-bond acceptors (Lipinski definition) is 3. The maximum Gasteiger partial charge on any atom is 0.0826 e. The van der Waals surface area contributed by atoms with Crippen molar-refractivity contribution in [1.82, 2.24) is 10.2 Å². The number of aryl methyl sites for hydroxylation is 1. The quantitative estimate of drug-likeness (QED) is 0.860. The zero-order valence-electron chi connectivity index (χ0n) is 11.5. The minimum atomic E-state index is 0.337. The molecule has 1 aliphatic rings. The van der Waals surface area contributed by atoms with E-state index in [1.807, 2.05) is 0 Å². The van der Waals surface area contributed by atoms with Crippen molar-refractivity contribution < 1.29 is 4.74 Å². The molecule has 0 aromatic heterocycles. The van der Waals surface area contributed by atoms with E-state index in [0.717, 1.165) is 39.3 Å². The molecule has 100 valence electrons. The number of hydrogen-bond donors (Lipinski definition) is 1. The highest BCUT2D eigenvalue weighted by Gasteiger charge is 2.18. The van der Waals surface area contributed by atoms with Crippen molar-refractivity contribution in [3.8, 4) is 0 Å². The van der Waals surface area contributed by atoms with Crippen LogP contribution in [0.4, 0.5) is 0 Å². The largest absolute Gasteiger partial charge is 0.374 e. The molecule has 3 heteroatoms. The smallest absolute Gasteiger partial charge is 0.0826 e. The maximum atomic E-state index is 5.77. The van der Waals surface area contributed by atoms with E-state index in [1.54, 1.807) is 0 Å². The SMILES string of the molecule is CCN1CCOC(CNCc2cccc(C)c2)C1. The van der Waals surface area contributed by atoms with Crippen LogP contribution in [-0.2, 0) is 11.3 Å². The lowest BCUT2D eigenvalue weighted by Gasteiger charge is -2.32. The first-order chi connectivity index (χ1) is 8.78. The first kappa shape index (κ1) is 13.5. The minimum absolute atomic E-state index is 0.337. The van der Waals surface area contributed by atoms with E-state index in [2.05, 4.69) is 48.3 Å². The van der Waals surface area contributed by atoms with E-state index in [-0.39, 0.29) is 0 Å². The third kappa shape index (κ3) is 4.09. The monoisotopic (exact) mass is 248 g/mol. The van der Waals surface area contributed by atoms with E-state index < -0.39 is 0 Å². The Kier molecular flexibility index (Phi) is 5.17. The van der Waals surface area contributed by atoms with Crippen LogP contribution in [0.5, 0.6) is 0 Å². The van der Waals surface area contributed by atoms with Gasteiger partial charge >= 0.3 is 0 Å². The average Bonchev–Trinajstić information content (AvgIpc) is 2.39. The van der Waals surface area contributed by atoms with Crippen LogP contribution in [0.25, 0.3) is 0 Å². The molecule has 1 saturated heterocycles. The van der Waals surface area contributed by atoms with Gasteiger partial charge in [0.2, 0.25) is 0 Å². The van der Waals surface area contributed by atoms with Crippen molar-refractivity contribution in [2.75, 3.05) is 32.8 Å². The van der Waals surface area contributed by atoms with Crippen LogP contribution in [-0.4, -0.2) is 43.8 Å². The van der Waals surface area contributed by atoms with E-state index in [1.165, 1.54) is 11.1 Å². The van der Waals surface area contributed by atoms with Crippen LogP contribution in [0.3, 0.4) is 0 Å². The van der Waals surface area contributed by atoms with E-state index in [4.69, 9.17) is 4.74 Å². The molecule has 0 radical (unpaired) electrons. The fourth-order valence-electron chi connectivity index (χ4n) is 2.39. The Morgan fingerprint density at radius 3 is 3.11 bits per heavy atom. The summed E-state index contributed by atoms with van der Waals surface area (Å²) in [7, 11) is 0. The zero-order chi connectivity index (χ0) is 12.8. The van der Waals surface area contributed by atoms with Crippen LogP contribution < -0.4 is 5.32 Å². The third-order valence-corrected chi connectivity index (χ3v) is 3.45. The Bertz CT molecular complexity index is 367. The average molecular weight is 248 g/mol. The van der Waals surface area contributed by atoms with Crippen LogP contribution in [0.15, 0.2) is 24.3 Å². The second kappa shape index (κ2) is 6.88. The van der Waals surface area contributed by atoms with Gasteiger partial charge < -0.3 is 10.1 Å². The fraction of sp³-hybridized carbons (Fsp3) is 0.600. The predicted molar refractivity (Wildman–Crippen MR) is 74.7 cm³/mol. The number of rotatable bonds is 5. The molecule has 3 nitrogen and oxygen atoms in total. The predicted octanol–water partition coefficient (Wildman–Crippen LogP) is 1.81. The molecule has 18 heavy (non-hydrogen) atoms. The molecule has 1 aromatic rings. The molecule has 0 bridgehead atoms. The Morgan fingerprint density at radius 1 is 1.44 bits per heavy atom. The first-order valence-electron chi connectivity index (χ1n) is 6.88. The second-order valence-electron chi connectivity index (χ2n) is 5.01. The summed E-state index contributed by atoms with van der Waals surface area (Å²) in [5.41, 5.74) is 2.67. The highest BCUT2D eigenvalue weighted by molar-refractivity contribution is 5.21. The number of morpholine rings is 1. The highest BCUT2D eigenvalue weighted by Crippen LogP contribution is 2.06. The van der Waals surface area contributed by atoms with E-state index in [0.29, 0.717) is 6.10 Å². The summed E-state index contributed by atoms with van der Waals surface area (Å²) in [5, 5.41) is 3.49. The lowest BCUT2D eigenvalue weighted by Crippen LogP contribution is -2.46. The van der Waals surface area contributed by atoms with Gasteiger partial charge in [-0.2, -0.15) is 0 Å². The van der Waals surface area contributed by atoms with Crippen LogP contribution in [0.2, 0.25) is 0 Å². The summed E-state index contributed by atoms with van der Waals surface area (Å²) in [5.74, 6) is 0. The Balaban J connectivity index is 1.72. The maximum absolute atomic E-state index is 5.77. The number of likely N-dealkylation sites (N-methyl/N-ethyl adjacent to an activating group) is 1. The lowest BCUT2D eigenvalue weighted by molar-refractivity contribution is -0.0253.